The van der Waals surface area contributed by atoms with Crippen LogP contribution in [0.5, 0.6) is 0 Å². The van der Waals surface area contributed by atoms with Crippen molar-refractivity contribution >= 4 is 0 Å². The van der Waals surface area contributed by atoms with Crippen molar-refractivity contribution in [1.82, 2.24) is 9.78 Å². The Morgan fingerprint density at radius 2 is 1.89 bits per heavy atom. The average Bonchev–Trinajstić information content (AvgIpc) is 2.79. The van der Waals surface area contributed by atoms with E-state index in [4.69, 9.17) is 5.10 Å². The third kappa shape index (κ3) is 4.07. The van der Waals surface area contributed by atoms with Gasteiger partial charge in [0.2, 0.25) is 0 Å². The highest BCUT2D eigenvalue weighted by Crippen LogP contribution is 2.21. The highest BCUT2D eigenvalue weighted by molar-refractivity contribution is 5.26. The number of aromatic nitrogens is 2. The van der Waals surface area contributed by atoms with Crippen molar-refractivity contribution in [2.75, 3.05) is 0 Å². The van der Waals surface area contributed by atoms with Gasteiger partial charge in [-0.25, -0.2) is 0 Å². The van der Waals surface area contributed by atoms with Gasteiger partial charge in [-0.15, -0.1) is 0 Å². The molecule has 110 valence electrons. The van der Waals surface area contributed by atoms with Crippen molar-refractivity contribution in [3.05, 3.63) is 17.0 Å². The van der Waals surface area contributed by atoms with Crippen molar-refractivity contribution in [3.63, 3.8) is 0 Å². The van der Waals surface area contributed by atoms with Gasteiger partial charge in [0, 0.05) is 17.8 Å². The van der Waals surface area contributed by atoms with Crippen LogP contribution in [0.4, 0.5) is 0 Å². The highest BCUT2D eigenvalue weighted by atomic mass is 16.3. The molecule has 0 saturated carbocycles. The first-order valence-corrected chi connectivity index (χ1v) is 7.89. The Morgan fingerprint density at radius 3 is 2.37 bits per heavy atom. The fraction of sp³-hybridized carbons (Fsp3) is 0.812. The molecule has 0 aliphatic carbocycles. The standard InChI is InChI=1S/C16H30N2O/c1-5-9-10-13(6-2)11-18-16(8-4)14(12-19)15(7-3)17-18/h13,19H,5-12H2,1-4H3. The molecule has 1 aromatic heterocycles. The van der Waals surface area contributed by atoms with E-state index in [-0.39, 0.29) is 6.61 Å². The predicted molar refractivity (Wildman–Crippen MR) is 80.2 cm³/mol. The van der Waals surface area contributed by atoms with E-state index in [1.54, 1.807) is 0 Å². The average molecular weight is 266 g/mol. The van der Waals surface area contributed by atoms with Crippen LogP contribution in [0.25, 0.3) is 0 Å². The molecule has 0 amide bonds. The first kappa shape index (κ1) is 16.2. The molecule has 0 fully saturated rings. The second kappa shape index (κ2) is 8.36. The summed E-state index contributed by atoms with van der Waals surface area (Å²) in [7, 11) is 0. The van der Waals surface area contributed by atoms with Crippen molar-refractivity contribution in [3.8, 4) is 0 Å². The van der Waals surface area contributed by atoms with Crippen molar-refractivity contribution < 1.29 is 5.11 Å². The molecular weight excluding hydrogens is 236 g/mol. The quantitative estimate of drug-likeness (QED) is 0.740. The summed E-state index contributed by atoms with van der Waals surface area (Å²) in [6.07, 6.45) is 6.91. The summed E-state index contributed by atoms with van der Waals surface area (Å²) < 4.78 is 2.16. The Labute approximate surface area is 118 Å². The van der Waals surface area contributed by atoms with E-state index < -0.39 is 0 Å². The maximum Gasteiger partial charge on any atom is 0.0718 e. The largest absolute Gasteiger partial charge is 0.392 e. The summed E-state index contributed by atoms with van der Waals surface area (Å²) in [4.78, 5) is 0. The van der Waals surface area contributed by atoms with Crippen LogP contribution in [-0.4, -0.2) is 14.9 Å². The Kier molecular flexibility index (Phi) is 7.14. The zero-order valence-electron chi connectivity index (χ0n) is 13.1. The highest BCUT2D eigenvalue weighted by Gasteiger charge is 2.17. The van der Waals surface area contributed by atoms with Crippen LogP contribution in [0.1, 0.15) is 70.3 Å². The summed E-state index contributed by atoms with van der Waals surface area (Å²) in [5, 5.41) is 14.3. The number of aliphatic hydroxyl groups is 1. The molecule has 1 heterocycles. The Bertz CT molecular complexity index is 371. The molecule has 1 unspecified atom stereocenters. The fourth-order valence-electron chi connectivity index (χ4n) is 2.76. The third-order valence-corrected chi connectivity index (χ3v) is 4.05. The molecule has 19 heavy (non-hydrogen) atoms. The summed E-state index contributed by atoms with van der Waals surface area (Å²) in [5.74, 6) is 0.710. The Morgan fingerprint density at radius 1 is 1.16 bits per heavy atom. The molecule has 0 spiro atoms. The van der Waals surface area contributed by atoms with Gasteiger partial charge in [-0.1, -0.05) is 47.0 Å². The maximum atomic E-state index is 9.55. The zero-order chi connectivity index (χ0) is 14.3. The minimum absolute atomic E-state index is 0.123. The zero-order valence-corrected chi connectivity index (χ0v) is 13.1. The van der Waals surface area contributed by atoms with Gasteiger partial charge in [-0.05, 0) is 25.2 Å². The minimum Gasteiger partial charge on any atom is -0.392 e. The molecule has 3 heteroatoms. The van der Waals surface area contributed by atoms with Crippen LogP contribution in [-0.2, 0) is 26.0 Å². The summed E-state index contributed by atoms with van der Waals surface area (Å²) in [6.45, 7) is 9.91. The van der Waals surface area contributed by atoms with E-state index >= 15 is 0 Å². The van der Waals surface area contributed by atoms with Crippen LogP contribution in [0.2, 0.25) is 0 Å². The first-order valence-electron chi connectivity index (χ1n) is 7.89. The number of hydrogen-bond donors (Lipinski definition) is 1. The van der Waals surface area contributed by atoms with E-state index in [0.29, 0.717) is 5.92 Å². The molecule has 1 N–H and O–H groups in total. The van der Waals surface area contributed by atoms with Crippen LogP contribution < -0.4 is 0 Å². The lowest BCUT2D eigenvalue weighted by Gasteiger charge is -2.16. The molecule has 3 nitrogen and oxygen atoms in total. The number of hydrogen-bond acceptors (Lipinski definition) is 2. The van der Waals surface area contributed by atoms with Gasteiger partial charge in [-0.3, -0.25) is 4.68 Å². The molecule has 0 saturated heterocycles. The minimum atomic E-state index is 0.123. The predicted octanol–water partition coefficient (Wildman–Crippen LogP) is 3.72. The topological polar surface area (TPSA) is 38.0 Å². The molecule has 0 radical (unpaired) electrons. The van der Waals surface area contributed by atoms with E-state index in [0.717, 1.165) is 30.6 Å². The lowest BCUT2D eigenvalue weighted by Crippen LogP contribution is -2.14. The van der Waals surface area contributed by atoms with Crippen LogP contribution in [0, 0.1) is 5.92 Å². The number of aryl methyl sites for hydroxylation is 1. The van der Waals surface area contributed by atoms with Gasteiger partial charge < -0.3 is 5.11 Å². The van der Waals surface area contributed by atoms with E-state index in [2.05, 4.69) is 32.4 Å². The van der Waals surface area contributed by atoms with Gasteiger partial charge in [0.05, 0.1) is 12.3 Å². The van der Waals surface area contributed by atoms with E-state index in [9.17, 15) is 5.11 Å². The fourth-order valence-corrected chi connectivity index (χ4v) is 2.76. The Balaban J connectivity index is 2.89. The van der Waals surface area contributed by atoms with E-state index in [1.165, 1.54) is 31.4 Å². The first-order chi connectivity index (χ1) is 9.21. The van der Waals surface area contributed by atoms with Crippen LogP contribution in [0.15, 0.2) is 0 Å². The maximum absolute atomic E-state index is 9.55. The molecule has 0 aliphatic heterocycles. The molecule has 1 atom stereocenters. The lowest BCUT2D eigenvalue weighted by atomic mass is 9.99. The third-order valence-electron chi connectivity index (χ3n) is 4.05. The SMILES string of the molecule is CCCCC(CC)Cn1nc(CC)c(CO)c1CC. The smallest absolute Gasteiger partial charge is 0.0718 e. The van der Waals surface area contributed by atoms with Crippen LogP contribution >= 0.6 is 0 Å². The van der Waals surface area contributed by atoms with Gasteiger partial charge >= 0.3 is 0 Å². The monoisotopic (exact) mass is 266 g/mol. The number of unbranched alkanes of at least 4 members (excludes halogenated alkanes) is 1. The van der Waals surface area contributed by atoms with Crippen molar-refractivity contribution in [2.45, 2.75) is 79.4 Å². The molecule has 0 bridgehead atoms. The number of aliphatic hydroxyl groups excluding tert-OH is 1. The molecule has 1 aromatic rings. The van der Waals surface area contributed by atoms with Crippen molar-refractivity contribution in [2.24, 2.45) is 5.92 Å². The van der Waals surface area contributed by atoms with Crippen LogP contribution in [0.3, 0.4) is 0 Å². The molecular formula is C16H30N2O. The number of nitrogens with zero attached hydrogens (tertiary/aromatic N) is 2. The Hall–Kier alpha value is -0.830. The molecule has 1 rings (SSSR count). The molecule has 0 aromatic carbocycles. The number of rotatable bonds is 9. The van der Waals surface area contributed by atoms with Gasteiger partial charge in [0.1, 0.15) is 0 Å². The second-order valence-electron chi connectivity index (χ2n) is 5.34. The lowest BCUT2D eigenvalue weighted by molar-refractivity contribution is 0.279. The summed E-state index contributed by atoms with van der Waals surface area (Å²) in [6, 6.07) is 0. The summed E-state index contributed by atoms with van der Waals surface area (Å²) >= 11 is 0. The normalized spacial score (nSPS) is 12.9. The van der Waals surface area contributed by atoms with E-state index in [1.807, 2.05) is 0 Å². The summed E-state index contributed by atoms with van der Waals surface area (Å²) in [5.41, 5.74) is 3.37. The van der Waals surface area contributed by atoms with Crippen molar-refractivity contribution in [1.29, 1.82) is 0 Å². The molecule has 0 aliphatic rings. The van der Waals surface area contributed by atoms with Gasteiger partial charge in [0.25, 0.3) is 0 Å². The second-order valence-corrected chi connectivity index (χ2v) is 5.34. The van der Waals surface area contributed by atoms with Gasteiger partial charge in [-0.2, -0.15) is 5.10 Å². The van der Waals surface area contributed by atoms with Gasteiger partial charge in [0.15, 0.2) is 0 Å².